The molecule has 2 aliphatic heterocycles. The van der Waals surface area contributed by atoms with E-state index >= 15 is 0 Å². The molecule has 2 aromatic rings. The minimum atomic E-state index is -3.96. The number of carbonyl (C=O) groups excluding carboxylic acids is 3. The van der Waals surface area contributed by atoms with Crippen LogP contribution >= 0.6 is 11.6 Å². The lowest BCUT2D eigenvalue weighted by Gasteiger charge is -2.41. The van der Waals surface area contributed by atoms with Crippen LogP contribution in [0.1, 0.15) is 48.8 Å². The quantitative estimate of drug-likeness (QED) is 0.365. The van der Waals surface area contributed by atoms with Crippen LogP contribution in [0.15, 0.2) is 48.5 Å². The molecule has 2 saturated heterocycles. The summed E-state index contributed by atoms with van der Waals surface area (Å²) in [6.07, 6.45) is 2.90. The normalized spacial score (nSPS) is 18.1. The van der Waals surface area contributed by atoms with Gasteiger partial charge in [-0.3, -0.25) is 14.4 Å². The Labute approximate surface area is 240 Å². The standard InChI is InChI=1S/C28H36ClN5O5S/c29-23-10-9-21(17-30)22(15-23)18-31-27(36)25-11-14-34(25)28(37)24(16-26(35)33-12-5-2-6-13-33)32-40(38,39)19-20-7-3-1-4-8-20/h1,3-4,7-10,15,24-25,32H,2,5-6,11-14,16-19,30H2,(H,31,36)/t24-,25+/m1/s1. The third kappa shape index (κ3) is 7.81. The molecule has 40 heavy (non-hydrogen) atoms. The molecule has 0 radical (unpaired) electrons. The minimum Gasteiger partial charge on any atom is -0.350 e. The summed E-state index contributed by atoms with van der Waals surface area (Å²) in [6.45, 7) is 1.92. The number of hydrogen-bond donors (Lipinski definition) is 3. The van der Waals surface area contributed by atoms with E-state index in [0.717, 1.165) is 30.4 Å². The first-order valence-electron chi connectivity index (χ1n) is 13.5. The number of nitrogens with one attached hydrogen (secondary N) is 2. The second-order valence-electron chi connectivity index (χ2n) is 10.2. The Balaban J connectivity index is 1.45. The number of piperidine rings is 1. The number of carbonyl (C=O) groups is 3. The van der Waals surface area contributed by atoms with E-state index in [1.54, 1.807) is 53.4 Å². The van der Waals surface area contributed by atoms with Gasteiger partial charge in [-0.1, -0.05) is 48.0 Å². The summed E-state index contributed by atoms with van der Waals surface area (Å²) in [6, 6.07) is 11.8. The molecule has 0 unspecified atom stereocenters. The summed E-state index contributed by atoms with van der Waals surface area (Å²) in [5.41, 5.74) is 7.97. The topological polar surface area (TPSA) is 142 Å². The summed E-state index contributed by atoms with van der Waals surface area (Å²) < 4.78 is 28.6. The van der Waals surface area contributed by atoms with Crippen molar-refractivity contribution in [2.75, 3.05) is 19.6 Å². The third-order valence-electron chi connectivity index (χ3n) is 7.35. The van der Waals surface area contributed by atoms with Crippen molar-refractivity contribution in [3.05, 3.63) is 70.2 Å². The number of nitrogens with zero attached hydrogens (tertiary/aromatic N) is 2. The number of halogens is 1. The van der Waals surface area contributed by atoms with Crippen molar-refractivity contribution in [1.29, 1.82) is 0 Å². The van der Waals surface area contributed by atoms with Gasteiger partial charge >= 0.3 is 0 Å². The molecule has 10 nitrogen and oxygen atoms in total. The van der Waals surface area contributed by atoms with Gasteiger partial charge in [0.05, 0.1) is 12.2 Å². The van der Waals surface area contributed by atoms with Crippen LogP contribution in [0, 0.1) is 0 Å². The van der Waals surface area contributed by atoms with Gasteiger partial charge in [-0.15, -0.1) is 0 Å². The first-order valence-corrected chi connectivity index (χ1v) is 15.6. The number of sulfonamides is 1. The average Bonchev–Trinajstić information content (AvgIpc) is 2.91. The Morgan fingerprint density at radius 1 is 1.00 bits per heavy atom. The zero-order valence-corrected chi connectivity index (χ0v) is 23.9. The first-order chi connectivity index (χ1) is 19.2. The van der Waals surface area contributed by atoms with E-state index in [2.05, 4.69) is 10.0 Å². The number of rotatable bonds is 11. The predicted molar refractivity (Wildman–Crippen MR) is 152 cm³/mol. The monoisotopic (exact) mass is 589 g/mol. The van der Waals surface area contributed by atoms with Gasteiger partial charge in [0.2, 0.25) is 27.7 Å². The Hall–Kier alpha value is -2.99. The van der Waals surface area contributed by atoms with Gasteiger partial charge in [0.15, 0.2) is 0 Å². The van der Waals surface area contributed by atoms with E-state index < -0.39 is 28.0 Å². The third-order valence-corrected chi connectivity index (χ3v) is 8.95. The van der Waals surface area contributed by atoms with Gasteiger partial charge in [0.1, 0.15) is 12.1 Å². The van der Waals surface area contributed by atoms with Gasteiger partial charge in [-0.2, -0.15) is 0 Å². The predicted octanol–water partition coefficient (Wildman–Crippen LogP) is 1.91. The van der Waals surface area contributed by atoms with Crippen LogP contribution < -0.4 is 15.8 Å². The van der Waals surface area contributed by atoms with Gasteiger partial charge in [-0.05, 0) is 54.5 Å². The van der Waals surface area contributed by atoms with Crippen LogP contribution in [0.4, 0.5) is 0 Å². The molecule has 0 aromatic heterocycles. The molecule has 0 spiro atoms. The summed E-state index contributed by atoms with van der Waals surface area (Å²) in [5.74, 6) is -1.56. The van der Waals surface area contributed by atoms with E-state index in [-0.39, 0.29) is 43.6 Å². The molecule has 2 aromatic carbocycles. The smallest absolute Gasteiger partial charge is 0.243 e. The molecule has 3 amide bonds. The maximum atomic E-state index is 13.6. The van der Waals surface area contributed by atoms with Crippen molar-refractivity contribution in [3.63, 3.8) is 0 Å². The first kappa shape index (κ1) is 30.0. The molecule has 2 aliphatic rings. The second kappa shape index (κ2) is 13.6. The molecule has 0 bridgehead atoms. The summed E-state index contributed by atoms with van der Waals surface area (Å²) in [4.78, 5) is 42.7. The van der Waals surface area contributed by atoms with Crippen molar-refractivity contribution < 1.29 is 22.8 Å². The van der Waals surface area contributed by atoms with E-state index in [0.29, 0.717) is 30.1 Å². The van der Waals surface area contributed by atoms with Crippen LogP contribution in [0.3, 0.4) is 0 Å². The highest BCUT2D eigenvalue weighted by molar-refractivity contribution is 7.88. The van der Waals surface area contributed by atoms with E-state index in [1.807, 2.05) is 0 Å². The maximum Gasteiger partial charge on any atom is 0.243 e. The highest BCUT2D eigenvalue weighted by atomic mass is 35.5. The maximum absolute atomic E-state index is 13.6. The van der Waals surface area contributed by atoms with Crippen LogP contribution in [-0.4, -0.2) is 67.7 Å². The summed E-state index contributed by atoms with van der Waals surface area (Å²) in [7, 11) is -3.96. The summed E-state index contributed by atoms with van der Waals surface area (Å²) >= 11 is 6.10. The number of likely N-dealkylation sites (tertiary alicyclic amines) is 2. The van der Waals surface area contributed by atoms with Crippen molar-refractivity contribution >= 4 is 39.3 Å². The number of hydrogen-bond acceptors (Lipinski definition) is 6. The molecule has 2 fully saturated rings. The van der Waals surface area contributed by atoms with Crippen molar-refractivity contribution in [3.8, 4) is 0 Å². The molecule has 2 heterocycles. The van der Waals surface area contributed by atoms with Crippen molar-refractivity contribution in [2.24, 2.45) is 5.73 Å². The van der Waals surface area contributed by atoms with Crippen LogP contribution in [0.2, 0.25) is 5.02 Å². The van der Waals surface area contributed by atoms with Crippen molar-refractivity contribution in [2.45, 2.75) is 63.0 Å². The zero-order valence-electron chi connectivity index (χ0n) is 22.4. The van der Waals surface area contributed by atoms with Crippen LogP contribution in [0.5, 0.6) is 0 Å². The molecule has 12 heteroatoms. The Bertz CT molecular complexity index is 1320. The van der Waals surface area contributed by atoms with Gasteiger partial charge < -0.3 is 20.9 Å². The largest absolute Gasteiger partial charge is 0.350 e. The molecule has 4 rings (SSSR count). The SMILES string of the molecule is NCc1ccc(Cl)cc1CNC(=O)[C@@H]1CCN1C(=O)[C@@H](CC(=O)N1CCCCC1)NS(=O)(=O)Cc1ccccc1. The fourth-order valence-electron chi connectivity index (χ4n) is 5.06. The number of benzene rings is 2. The lowest BCUT2D eigenvalue weighted by Crippen LogP contribution is -2.63. The lowest BCUT2D eigenvalue weighted by molar-refractivity contribution is -0.150. The van der Waals surface area contributed by atoms with Gasteiger partial charge in [-0.25, -0.2) is 13.1 Å². The minimum absolute atomic E-state index is 0.186. The fourth-order valence-corrected chi connectivity index (χ4v) is 6.59. The van der Waals surface area contributed by atoms with E-state index in [4.69, 9.17) is 17.3 Å². The van der Waals surface area contributed by atoms with E-state index in [9.17, 15) is 22.8 Å². The fraction of sp³-hybridized carbons (Fsp3) is 0.464. The Morgan fingerprint density at radius 2 is 1.73 bits per heavy atom. The highest BCUT2D eigenvalue weighted by Gasteiger charge is 2.42. The zero-order chi connectivity index (χ0) is 28.7. The molecular weight excluding hydrogens is 554 g/mol. The molecule has 0 aliphatic carbocycles. The molecular formula is C28H36ClN5O5S. The van der Waals surface area contributed by atoms with Gasteiger partial charge in [0.25, 0.3) is 0 Å². The Kier molecular flexibility index (Phi) is 10.2. The number of amides is 3. The number of nitrogens with two attached hydrogens (primary N) is 1. The van der Waals surface area contributed by atoms with Gasteiger partial charge in [0, 0.05) is 37.7 Å². The van der Waals surface area contributed by atoms with E-state index in [1.165, 1.54) is 4.90 Å². The van der Waals surface area contributed by atoms with Crippen molar-refractivity contribution in [1.82, 2.24) is 19.8 Å². The highest BCUT2D eigenvalue weighted by Crippen LogP contribution is 2.22. The molecule has 216 valence electrons. The molecule has 0 saturated carbocycles. The lowest BCUT2D eigenvalue weighted by atomic mass is 9.99. The Morgan fingerprint density at radius 3 is 2.38 bits per heavy atom. The second-order valence-corrected chi connectivity index (χ2v) is 12.4. The average molecular weight is 590 g/mol. The van der Waals surface area contributed by atoms with Crippen LogP contribution in [0.25, 0.3) is 0 Å². The molecule has 4 N–H and O–H groups in total. The summed E-state index contributed by atoms with van der Waals surface area (Å²) in [5, 5.41) is 3.36. The van der Waals surface area contributed by atoms with Crippen LogP contribution in [-0.2, 0) is 43.2 Å². The molecule has 2 atom stereocenters.